The highest BCUT2D eigenvalue weighted by atomic mass is 32.2. The van der Waals surface area contributed by atoms with Gasteiger partial charge in [-0.15, -0.1) is 0 Å². The van der Waals surface area contributed by atoms with E-state index in [1.807, 2.05) is 46.8 Å². The summed E-state index contributed by atoms with van der Waals surface area (Å²) in [4.78, 5) is 40.0. The average Bonchev–Trinajstić information content (AvgIpc) is 3.60. The molecule has 22 heteroatoms. The molecule has 0 aromatic carbocycles. The lowest BCUT2D eigenvalue weighted by atomic mass is 9.73. The molecular formula is C49H91N5O16S. The van der Waals surface area contributed by atoms with Gasteiger partial charge in [-0.25, -0.2) is 17.9 Å². The first-order valence-electron chi connectivity index (χ1n) is 25.5. The zero-order valence-electron chi connectivity index (χ0n) is 45.7. The van der Waals surface area contributed by atoms with Gasteiger partial charge in [0.05, 0.1) is 47.9 Å². The topological polar surface area (TPSA) is 246 Å². The molecule has 0 aliphatic carbocycles. The van der Waals surface area contributed by atoms with Crippen LogP contribution in [-0.4, -0.2) is 220 Å². The number of methoxy groups -OCH3 is 1. The molecule has 0 aromatic heterocycles. The van der Waals surface area contributed by atoms with Gasteiger partial charge < -0.3 is 72.8 Å². The van der Waals surface area contributed by atoms with Crippen molar-refractivity contribution in [2.45, 2.75) is 193 Å². The fourth-order valence-corrected chi connectivity index (χ4v) is 11.8. The fourth-order valence-electron chi connectivity index (χ4n) is 11.3. The molecule has 0 spiro atoms. The molecule has 4 aliphatic rings. The van der Waals surface area contributed by atoms with Gasteiger partial charge in [-0.3, -0.25) is 4.79 Å². The van der Waals surface area contributed by atoms with E-state index in [9.17, 15) is 33.3 Å². The standard InChI is InChI=1S/C49H91N5O16S/c1-18-36-48(12)42(69-45(57)70-48)31(6)38(51-63-24-21-50-71(17,60)61)29(4)26-46(10,58)41(68-44-39(55)35(52(13)14)25-30(5)64-44)32(7)40(33(8)43(56)66-36)67-37-27-47(11,62-16)49(59,34(9)65-37)28-53(15)22-23-54(19-2)20-3/h29-37,39-42,44,50,55,58-59H,18-28H2,1-17H3/b51-38+/t29-,30-,31+,32+,33-,34+,35+,36-,37+,39-,40+,41-,42-,44+,46+,47-,48-,49-/m1/s1. The summed E-state index contributed by atoms with van der Waals surface area (Å²) in [6, 6.07) is -0.369. The number of rotatable bonds is 19. The lowest BCUT2D eigenvalue weighted by Gasteiger charge is -2.54. The molecule has 0 amide bonds. The Kier molecular flexibility index (Phi) is 21.6. The normalized spacial score (nSPS) is 41.6. The van der Waals surface area contributed by atoms with Gasteiger partial charge in [-0.05, 0) is 95.0 Å². The molecule has 0 aromatic rings. The molecule has 0 unspecified atom stereocenters. The monoisotopic (exact) mass is 1040 g/mol. The van der Waals surface area contributed by atoms with Crippen molar-refractivity contribution in [3.8, 4) is 0 Å². The number of aliphatic hydroxyl groups is 3. The Morgan fingerprint density at radius 3 is 2.13 bits per heavy atom. The van der Waals surface area contributed by atoms with Gasteiger partial charge in [-0.2, -0.15) is 0 Å². The molecule has 71 heavy (non-hydrogen) atoms. The number of oxime groups is 1. The molecule has 18 atom stereocenters. The molecule has 0 saturated carbocycles. The molecular weight excluding hydrogens is 947 g/mol. The van der Waals surface area contributed by atoms with Crippen LogP contribution in [0.5, 0.6) is 0 Å². The first kappa shape index (κ1) is 61.2. The summed E-state index contributed by atoms with van der Waals surface area (Å²) in [6.07, 6.45) is -8.46. The van der Waals surface area contributed by atoms with Crippen molar-refractivity contribution >= 4 is 27.9 Å². The van der Waals surface area contributed by atoms with E-state index in [0.29, 0.717) is 18.7 Å². The predicted octanol–water partition coefficient (Wildman–Crippen LogP) is 2.96. The second kappa shape index (κ2) is 25.0. The van der Waals surface area contributed by atoms with Crippen molar-refractivity contribution in [3.05, 3.63) is 0 Å². The van der Waals surface area contributed by atoms with Crippen LogP contribution in [0, 0.1) is 23.7 Å². The SMILES string of the molecule is CC[C@H]1OC(=O)[C@H](C)[C@@H](O[C@H]2C[C@@](C)(OC)[C@@](O)(CN(C)CCN(CC)CC)[C@H](C)O2)[C@H](C)[C@@H](O[C@@H]2O[C@H](C)C[C@H](N(C)C)[C@H]2O)[C@@](C)(O)C[C@@H](C)/C(=N\OCCNS(C)(=O)=O)[C@H](C)[C@H]2OC(=O)O[C@@]21C. The van der Waals surface area contributed by atoms with Crippen molar-refractivity contribution in [3.63, 3.8) is 0 Å². The summed E-state index contributed by atoms with van der Waals surface area (Å²) in [5.41, 5.74) is -5.78. The van der Waals surface area contributed by atoms with E-state index in [1.165, 1.54) is 7.11 Å². The Balaban J connectivity index is 1.86. The van der Waals surface area contributed by atoms with Crippen LogP contribution in [0.4, 0.5) is 4.79 Å². The number of nitrogens with zero attached hydrogens (tertiary/aromatic N) is 4. The van der Waals surface area contributed by atoms with E-state index < -0.39 is 117 Å². The van der Waals surface area contributed by atoms with Crippen LogP contribution in [0.3, 0.4) is 0 Å². The third-order valence-corrected chi connectivity index (χ3v) is 16.5. The van der Waals surface area contributed by atoms with Crippen LogP contribution in [0.1, 0.15) is 109 Å². The number of cyclic esters (lactones) is 1. The van der Waals surface area contributed by atoms with Crippen LogP contribution < -0.4 is 4.72 Å². The molecule has 414 valence electrons. The Hall–Kier alpha value is -2.32. The first-order valence-corrected chi connectivity index (χ1v) is 27.4. The largest absolute Gasteiger partial charge is 0.509 e. The Labute approximate surface area is 423 Å². The minimum atomic E-state index is -3.53. The molecule has 4 heterocycles. The number of ether oxygens (including phenoxy) is 8. The van der Waals surface area contributed by atoms with Gasteiger partial charge in [0.1, 0.15) is 30.0 Å². The highest BCUT2D eigenvalue weighted by Crippen LogP contribution is 2.45. The summed E-state index contributed by atoms with van der Waals surface area (Å²) >= 11 is 0. The maximum Gasteiger partial charge on any atom is 0.509 e. The number of fused-ring (bicyclic) bond motifs is 1. The van der Waals surface area contributed by atoms with Crippen LogP contribution in [0.25, 0.3) is 0 Å². The minimum absolute atomic E-state index is 0.0344. The van der Waals surface area contributed by atoms with Crippen LogP contribution in [0.2, 0.25) is 0 Å². The van der Waals surface area contributed by atoms with Gasteiger partial charge >= 0.3 is 12.1 Å². The molecule has 4 rings (SSSR count). The van der Waals surface area contributed by atoms with Gasteiger partial charge in [-0.1, -0.05) is 46.7 Å². The molecule has 21 nitrogen and oxygen atoms in total. The number of nitrogens with one attached hydrogen (secondary N) is 1. The molecule has 4 fully saturated rings. The van der Waals surface area contributed by atoms with Gasteiger partial charge in [0, 0.05) is 63.5 Å². The maximum atomic E-state index is 14.9. The van der Waals surface area contributed by atoms with E-state index in [0.717, 1.165) is 25.9 Å². The van der Waals surface area contributed by atoms with E-state index in [4.69, 9.17) is 42.7 Å². The zero-order valence-corrected chi connectivity index (χ0v) is 46.5. The number of esters is 1. The second-order valence-electron chi connectivity index (χ2n) is 21.6. The van der Waals surface area contributed by atoms with Gasteiger partial charge in [0.15, 0.2) is 24.3 Å². The summed E-state index contributed by atoms with van der Waals surface area (Å²) in [5, 5.41) is 42.0. The van der Waals surface area contributed by atoms with E-state index in [2.05, 4.69) is 33.5 Å². The third-order valence-electron chi connectivity index (χ3n) is 15.7. The molecule has 0 bridgehead atoms. The lowest BCUT2D eigenvalue weighted by molar-refractivity contribution is -0.339. The van der Waals surface area contributed by atoms with Gasteiger partial charge in [0.2, 0.25) is 10.0 Å². The lowest BCUT2D eigenvalue weighted by Crippen LogP contribution is -2.70. The number of likely N-dealkylation sites (N-methyl/N-ethyl adjacent to an activating group) is 3. The van der Waals surface area contributed by atoms with Crippen molar-refractivity contribution in [2.24, 2.45) is 28.8 Å². The van der Waals surface area contributed by atoms with Crippen LogP contribution in [0.15, 0.2) is 5.16 Å². The molecule has 4 saturated heterocycles. The van der Waals surface area contributed by atoms with Crippen molar-refractivity contribution in [1.82, 2.24) is 19.4 Å². The molecule has 0 radical (unpaired) electrons. The quantitative estimate of drug-likeness (QED) is 0.0825. The van der Waals surface area contributed by atoms with Crippen LogP contribution in [-0.2, 0) is 57.6 Å². The maximum absolute atomic E-state index is 14.9. The highest BCUT2D eigenvalue weighted by molar-refractivity contribution is 7.88. The number of hydrogen-bond acceptors (Lipinski definition) is 20. The summed E-state index contributed by atoms with van der Waals surface area (Å²) < 4.78 is 77.2. The number of hydrogen-bond donors (Lipinski definition) is 4. The smallest absolute Gasteiger partial charge is 0.458 e. The molecule has 4 aliphatic heterocycles. The summed E-state index contributed by atoms with van der Waals surface area (Å²) in [7, 11) is 3.66. The second-order valence-corrected chi connectivity index (χ2v) is 23.4. The van der Waals surface area contributed by atoms with Crippen molar-refractivity contribution < 1.29 is 76.1 Å². The minimum Gasteiger partial charge on any atom is -0.458 e. The fraction of sp³-hybridized carbons (Fsp3) is 0.939. The highest BCUT2D eigenvalue weighted by Gasteiger charge is 2.61. The number of sulfonamides is 1. The van der Waals surface area contributed by atoms with E-state index in [1.54, 1.807) is 48.5 Å². The number of carbonyl (C=O) groups excluding carboxylic acids is 2. The number of carbonyl (C=O) groups is 2. The summed E-state index contributed by atoms with van der Waals surface area (Å²) in [5.74, 6) is -4.16. The zero-order chi connectivity index (χ0) is 53.6. The van der Waals surface area contributed by atoms with Crippen molar-refractivity contribution in [2.75, 3.05) is 80.4 Å². The van der Waals surface area contributed by atoms with E-state index in [-0.39, 0.29) is 51.1 Å². The number of aliphatic hydroxyl groups excluding tert-OH is 1. The average molecular weight is 1040 g/mol. The third kappa shape index (κ3) is 14.5. The summed E-state index contributed by atoms with van der Waals surface area (Å²) in [6.45, 7) is 25.0. The Morgan fingerprint density at radius 1 is 0.901 bits per heavy atom. The Morgan fingerprint density at radius 2 is 1.55 bits per heavy atom. The van der Waals surface area contributed by atoms with Gasteiger partial charge in [0.25, 0.3) is 0 Å². The van der Waals surface area contributed by atoms with Crippen molar-refractivity contribution in [1.29, 1.82) is 0 Å². The first-order chi connectivity index (χ1) is 32.9. The Bertz CT molecular complexity index is 1880. The van der Waals surface area contributed by atoms with E-state index >= 15 is 0 Å². The molecule has 4 N–H and O–H groups in total. The predicted molar refractivity (Wildman–Crippen MR) is 265 cm³/mol. The van der Waals surface area contributed by atoms with Crippen LogP contribution >= 0.6 is 0 Å².